The van der Waals surface area contributed by atoms with E-state index in [0.29, 0.717) is 26.1 Å². The number of nitrogens with one attached hydrogen (secondary N) is 1. The average Bonchev–Trinajstić information content (AvgIpc) is 2.81. The molecule has 2 atom stereocenters. The molecule has 4 nitrogen and oxygen atoms in total. The molecule has 0 unspecified atom stereocenters. The fraction of sp³-hybridized carbons (Fsp3) is 0.333. The van der Waals surface area contributed by atoms with Gasteiger partial charge < -0.3 is 10.2 Å². The molecule has 0 bridgehead atoms. The Balaban J connectivity index is 1.53. The highest BCUT2D eigenvalue weighted by Crippen LogP contribution is 2.49. The Labute approximate surface area is 188 Å². The van der Waals surface area contributed by atoms with Gasteiger partial charge in [0.15, 0.2) is 0 Å². The van der Waals surface area contributed by atoms with Crippen LogP contribution in [0.25, 0.3) is 0 Å². The molecule has 5 heteroatoms. The molecular weight excluding hydrogens is 403 g/mol. The molecule has 2 aromatic rings. The van der Waals surface area contributed by atoms with Gasteiger partial charge in [0.1, 0.15) is 5.82 Å². The van der Waals surface area contributed by atoms with Crippen molar-refractivity contribution in [2.45, 2.75) is 31.1 Å². The van der Waals surface area contributed by atoms with Crippen LogP contribution in [-0.2, 0) is 9.59 Å². The lowest BCUT2D eigenvalue weighted by Gasteiger charge is -2.49. The van der Waals surface area contributed by atoms with Crippen LogP contribution in [0.15, 0.2) is 79.4 Å². The van der Waals surface area contributed by atoms with E-state index >= 15 is 0 Å². The normalized spacial score (nSPS) is 21.3. The number of likely N-dealkylation sites (tertiary alicyclic amines) is 1. The molecule has 2 aliphatic heterocycles. The zero-order valence-corrected chi connectivity index (χ0v) is 18.2. The van der Waals surface area contributed by atoms with Crippen LogP contribution in [0.1, 0.15) is 42.2 Å². The van der Waals surface area contributed by atoms with Crippen LogP contribution in [0.4, 0.5) is 4.39 Å². The van der Waals surface area contributed by atoms with E-state index in [1.807, 2.05) is 59.5 Å². The third-order valence-electron chi connectivity index (χ3n) is 6.96. The number of carbonyl (C=O) groups is 2. The zero-order chi connectivity index (χ0) is 22.6. The van der Waals surface area contributed by atoms with Crippen molar-refractivity contribution >= 4 is 11.8 Å². The first kappa shape index (κ1) is 22.0. The van der Waals surface area contributed by atoms with Gasteiger partial charge in [-0.1, -0.05) is 67.3 Å². The van der Waals surface area contributed by atoms with E-state index in [-0.39, 0.29) is 34.9 Å². The van der Waals surface area contributed by atoms with Gasteiger partial charge >= 0.3 is 0 Å². The standard InChI is InChI=1S/C27H29FN2O2/c1-2-3-9-23(20-7-5-4-6-8-20)26(32)30-16-14-27(15-17-30)18-25(31)29-19-24(27)21-10-12-22(28)13-11-21/h2-13,23-24H,1,14-19H2,(H,29,31)/t23-,24+/m1/s1. The van der Waals surface area contributed by atoms with Gasteiger partial charge in [0.05, 0.1) is 5.92 Å². The molecule has 0 radical (unpaired) electrons. The molecule has 2 amide bonds. The fourth-order valence-electron chi connectivity index (χ4n) is 5.18. The zero-order valence-electron chi connectivity index (χ0n) is 18.2. The second kappa shape index (κ2) is 9.51. The minimum Gasteiger partial charge on any atom is -0.355 e. The molecule has 0 saturated carbocycles. The van der Waals surface area contributed by atoms with E-state index in [2.05, 4.69) is 11.9 Å². The summed E-state index contributed by atoms with van der Waals surface area (Å²) in [6, 6.07) is 16.4. The summed E-state index contributed by atoms with van der Waals surface area (Å²) < 4.78 is 13.5. The van der Waals surface area contributed by atoms with Crippen molar-refractivity contribution in [3.05, 3.63) is 96.3 Å². The van der Waals surface area contributed by atoms with Crippen LogP contribution in [-0.4, -0.2) is 36.3 Å². The molecule has 4 rings (SSSR count). The second-order valence-electron chi connectivity index (χ2n) is 8.78. The van der Waals surface area contributed by atoms with Crippen LogP contribution in [0.5, 0.6) is 0 Å². The average molecular weight is 433 g/mol. The van der Waals surface area contributed by atoms with Crippen molar-refractivity contribution in [2.75, 3.05) is 19.6 Å². The van der Waals surface area contributed by atoms with Gasteiger partial charge in [0.2, 0.25) is 11.8 Å². The number of benzene rings is 2. The molecule has 2 aliphatic rings. The summed E-state index contributed by atoms with van der Waals surface area (Å²) in [7, 11) is 0. The fourth-order valence-corrected chi connectivity index (χ4v) is 5.18. The van der Waals surface area contributed by atoms with Crippen LogP contribution in [0, 0.1) is 11.2 Å². The van der Waals surface area contributed by atoms with Crippen LogP contribution >= 0.6 is 0 Å². The maximum absolute atomic E-state index is 13.5. The van der Waals surface area contributed by atoms with Crippen LogP contribution < -0.4 is 5.32 Å². The van der Waals surface area contributed by atoms with Crippen molar-refractivity contribution in [3.8, 4) is 0 Å². The van der Waals surface area contributed by atoms with Gasteiger partial charge in [-0.2, -0.15) is 0 Å². The van der Waals surface area contributed by atoms with Gasteiger partial charge in [0.25, 0.3) is 0 Å². The van der Waals surface area contributed by atoms with E-state index in [4.69, 9.17) is 0 Å². The lowest BCUT2D eigenvalue weighted by molar-refractivity contribution is -0.136. The van der Waals surface area contributed by atoms with Crippen molar-refractivity contribution in [1.29, 1.82) is 0 Å². The number of allylic oxidation sites excluding steroid dienone is 2. The minimum atomic E-state index is -0.356. The SMILES string of the molecule is C=CC=C[C@@H](C(=O)N1CCC2(CC1)CC(=O)NC[C@H]2c1ccc(F)cc1)c1ccccc1. The highest BCUT2D eigenvalue weighted by atomic mass is 19.1. The lowest BCUT2D eigenvalue weighted by Crippen LogP contribution is -2.53. The van der Waals surface area contributed by atoms with E-state index in [0.717, 1.165) is 24.0 Å². The van der Waals surface area contributed by atoms with Gasteiger partial charge in [-0.05, 0) is 41.5 Å². The Morgan fingerprint density at radius 2 is 1.81 bits per heavy atom. The number of carbonyl (C=O) groups excluding carboxylic acids is 2. The quantitative estimate of drug-likeness (QED) is 0.704. The van der Waals surface area contributed by atoms with Gasteiger partial charge in [-0.25, -0.2) is 4.39 Å². The first-order valence-electron chi connectivity index (χ1n) is 11.2. The number of rotatable bonds is 5. The molecule has 2 saturated heterocycles. The number of nitrogens with zero attached hydrogens (tertiary/aromatic N) is 1. The summed E-state index contributed by atoms with van der Waals surface area (Å²) in [6.07, 6.45) is 7.33. The monoisotopic (exact) mass is 432 g/mol. The van der Waals surface area contributed by atoms with Crippen molar-refractivity contribution in [2.24, 2.45) is 5.41 Å². The second-order valence-corrected chi connectivity index (χ2v) is 8.78. The number of halogens is 1. The number of amides is 2. The molecule has 2 heterocycles. The summed E-state index contributed by atoms with van der Waals surface area (Å²) in [5.41, 5.74) is 1.79. The Morgan fingerprint density at radius 3 is 2.47 bits per heavy atom. The Bertz CT molecular complexity index is 992. The number of hydrogen-bond acceptors (Lipinski definition) is 2. The van der Waals surface area contributed by atoms with Crippen LogP contribution in [0.2, 0.25) is 0 Å². The largest absolute Gasteiger partial charge is 0.355 e. The van der Waals surface area contributed by atoms with Crippen molar-refractivity contribution in [3.63, 3.8) is 0 Å². The van der Waals surface area contributed by atoms with E-state index in [9.17, 15) is 14.0 Å². The topological polar surface area (TPSA) is 49.4 Å². The minimum absolute atomic E-state index is 0.0548. The maximum Gasteiger partial charge on any atom is 0.233 e. The number of hydrogen-bond donors (Lipinski definition) is 1. The van der Waals surface area contributed by atoms with Crippen LogP contribution in [0.3, 0.4) is 0 Å². The molecule has 32 heavy (non-hydrogen) atoms. The highest BCUT2D eigenvalue weighted by Gasteiger charge is 2.47. The smallest absolute Gasteiger partial charge is 0.233 e. The Morgan fingerprint density at radius 1 is 1.12 bits per heavy atom. The van der Waals surface area contributed by atoms with E-state index in [1.165, 1.54) is 12.1 Å². The Hall–Kier alpha value is -3.21. The predicted molar refractivity (Wildman–Crippen MR) is 124 cm³/mol. The maximum atomic E-state index is 13.5. The van der Waals surface area contributed by atoms with Crippen molar-refractivity contribution in [1.82, 2.24) is 10.2 Å². The molecule has 1 spiro atoms. The third kappa shape index (κ3) is 4.52. The molecule has 1 N–H and O–H groups in total. The third-order valence-corrected chi connectivity index (χ3v) is 6.96. The highest BCUT2D eigenvalue weighted by molar-refractivity contribution is 5.86. The summed E-state index contributed by atoms with van der Waals surface area (Å²) in [4.78, 5) is 27.7. The van der Waals surface area contributed by atoms with E-state index in [1.54, 1.807) is 6.08 Å². The predicted octanol–water partition coefficient (Wildman–Crippen LogP) is 4.56. The molecule has 0 aromatic heterocycles. The summed E-state index contributed by atoms with van der Waals surface area (Å²) >= 11 is 0. The molecular formula is C27H29FN2O2. The van der Waals surface area contributed by atoms with Gasteiger partial charge in [-0.15, -0.1) is 0 Å². The molecule has 2 aromatic carbocycles. The first-order chi connectivity index (χ1) is 15.5. The van der Waals surface area contributed by atoms with Gasteiger partial charge in [0, 0.05) is 32.0 Å². The van der Waals surface area contributed by atoms with Gasteiger partial charge in [-0.3, -0.25) is 9.59 Å². The molecule has 2 fully saturated rings. The molecule has 0 aliphatic carbocycles. The number of piperidine rings is 2. The molecule has 166 valence electrons. The Kier molecular flexibility index (Phi) is 6.54. The lowest BCUT2D eigenvalue weighted by atomic mass is 9.62. The summed E-state index contributed by atoms with van der Waals surface area (Å²) in [5.74, 6) is -0.376. The summed E-state index contributed by atoms with van der Waals surface area (Å²) in [5, 5.41) is 2.98. The first-order valence-corrected chi connectivity index (χ1v) is 11.2. The van der Waals surface area contributed by atoms with E-state index < -0.39 is 0 Å². The van der Waals surface area contributed by atoms with Crippen molar-refractivity contribution < 1.29 is 14.0 Å². The summed E-state index contributed by atoms with van der Waals surface area (Å²) in [6.45, 7) is 5.49.